The summed E-state index contributed by atoms with van der Waals surface area (Å²) in [4.78, 5) is 16.4. The smallest absolute Gasteiger partial charge is 0.284 e. The molecule has 0 radical (unpaired) electrons. The Bertz CT molecular complexity index is 945. The van der Waals surface area contributed by atoms with Crippen LogP contribution in [0.25, 0.3) is 21.9 Å². The number of thiazole rings is 1. The van der Waals surface area contributed by atoms with Gasteiger partial charge in [-0.25, -0.2) is 4.98 Å². The molecule has 3 heterocycles. The van der Waals surface area contributed by atoms with Crippen LogP contribution >= 0.6 is 23.1 Å². The fourth-order valence-corrected chi connectivity index (χ4v) is 3.42. The summed E-state index contributed by atoms with van der Waals surface area (Å²) in [7, 11) is 0. The van der Waals surface area contributed by atoms with Crippen LogP contribution in [0, 0.1) is 0 Å². The predicted molar refractivity (Wildman–Crippen MR) is 91.0 cm³/mol. The summed E-state index contributed by atoms with van der Waals surface area (Å²) in [5.41, 5.74) is 0.866. The molecule has 120 valence electrons. The molecule has 4 aromatic rings. The normalized spacial score (nSPS) is 11.0. The minimum atomic E-state index is -0.184. The van der Waals surface area contributed by atoms with Crippen LogP contribution in [0.4, 0.5) is 5.13 Å². The maximum absolute atomic E-state index is 12.0. The van der Waals surface area contributed by atoms with E-state index in [1.54, 1.807) is 12.1 Å². The van der Waals surface area contributed by atoms with Crippen molar-refractivity contribution in [1.29, 1.82) is 0 Å². The molecular weight excluding hydrogens is 348 g/mol. The molecule has 0 fully saturated rings. The Balaban J connectivity index is 1.36. The summed E-state index contributed by atoms with van der Waals surface area (Å²) in [5.74, 6) is 0.745. The number of rotatable bonds is 5. The van der Waals surface area contributed by atoms with Gasteiger partial charge < -0.3 is 14.2 Å². The van der Waals surface area contributed by atoms with E-state index in [1.165, 1.54) is 17.6 Å². The number of benzene rings is 1. The Labute approximate surface area is 144 Å². The SMILES string of the molecule is O=C(CSc1nnc(-c2ccco2)o1)Nc1nc2ccccc2s1. The summed E-state index contributed by atoms with van der Waals surface area (Å²) >= 11 is 2.59. The lowest BCUT2D eigenvalue weighted by atomic mass is 10.3. The zero-order chi connectivity index (χ0) is 16.4. The van der Waals surface area contributed by atoms with Gasteiger partial charge in [-0.15, -0.1) is 10.2 Å². The molecule has 9 heteroatoms. The zero-order valence-electron chi connectivity index (χ0n) is 12.1. The number of carbonyl (C=O) groups is 1. The van der Waals surface area contributed by atoms with Gasteiger partial charge in [0, 0.05) is 0 Å². The van der Waals surface area contributed by atoms with Gasteiger partial charge in [0.05, 0.1) is 22.2 Å². The van der Waals surface area contributed by atoms with Crippen molar-refractivity contribution in [3.05, 3.63) is 42.7 Å². The van der Waals surface area contributed by atoms with E-state index in [-0.39, 0.29) is 17.6 Å². The lowest BCUT2D eigenvalue weighted by Crippen LogP contribution is -2.13. The minimum Gasteiger partial charge on any atom is -0.459 e. The van der Waals surface area contributed by atoms with Gasteiger partial charge in [-0.3, -0.25) is 4.79 Å². The second kappa shape index (κ2) is 6.46. The summed E-state index contributed by atoms with van der Waals surface area (Å²) in [6, 6.07) is 11.2. The van der Waals surface area contributed by atoms with Gasteiger partial charge in [0.15, 0.2) is 10.9 Å². The van der Waals surface area contributed by atoms with E-state index >= 15 is 0 Å². The molecule has 0 saturated carbocycles. The van der Waals surface area contributed by atoms with Crippen molar-refractivity contribution in [2.45, 2.75) is 5.22 Å². The maximum atomic E-state index is 12.0. The highest BCUT2D eigenvalue weighted by Gasteiger charge is 2.13. The molecule has 0 unspecified atom stereocenters. The number of nitrogens with zero attached hydrogens (tertiary/aromatic N) is 3. The van der Waals surface area contributed by atoms with E-state index in [0.29, 0.717) is 16.1 Å². The lowest BCUT2D eigenvalue weighted by molar-refractivity contribution is -0.113. The van der Waals surface area contributed by atoms with E-state index in [1.807, 2.05) is 24.3 Å². The summed E-state index contributed by atoms with van der Waals surface area (Å²) in [5, 5.41) is 11.4. The minimum absolute atomic E-state index is 0.149. The van der Waals surface area contributed by atoms with Crippen LogP contribution in [0.15, 0.2) is 56.7 Å². The van der Waals surface area contributed by atoms with Crippen molar-refractivity contribution in [2.24, 2.45) is 0 Å². The topological polar surface area (TPSA) is 94.0 Å². The van der Waals surface area contributed by atoms with E-state index in [9.17, 15) is 4.79 Å². The Morgan fingerprint density at radius 3 is 2.96 bits per heavy atom. The van der Waals surface area contributed by atoms with Crippen LogP contribution in [0.5, 0.6) is 0 Å². The second-order valence-corrected chi connectivity index (χ2v) is 6.63. The number of hydrogen-bond acceptors (Lipinski definition) is 8. The first kappa shape index (κ1) is 14.9. The monoisotopic (exact) mass is 358 g/mol. The molecule has 1 N–H and O–H groups in total. The first-order valence-corrected chi connectivity index (χ1v) is 8.74. The highest BCUT2D eigenvalue weighted by molar-refractivity contribution is 7.99. The van der Waals surface area contributed by atoms with Crippen molar-refractivity contribution >= 4 is 44.4 Å². The molecule has 0 aliphatic carbocycles. The molecule has 0 aliphatic heterocycles. The van der Waals surface area contributed by atoms with Crippen molar-refractivity contribution in [1.82, 2.24) is 15.2 Å². The van der Waals surface area contributed by atoms with Crippen molar-refractivity contribution in [3.63, 3.8) is 0 Å². The predicted octanol–water partition coefficient (Wildman–Crippen LogP) is 3.67. The first-order valence-electron chi connectivity index (χ1n) is 6.93. The third-order valence-corrected chi connectivity index (χ3v) is 4.78. The van der Waals surface area contributed by atoms with Gasteiger partial charge >= 0.3 is 0 Å². The van der Waals surface area contributed by atoms with E-state index in [0.717, 1.165) is 22.0 Å². The standard InChI is InChI=1S/C15H10N4O3S2/c20-12(17-14-16-9-4-1-2-6-11(9)24-14)8-23-15-19-18-13(22-15)10-5-3-7-21-10/h1-7H,8H2,(H,16,17,20). The van der Waals surface area contributed by atoms with E-state index in [4.69, 9.17) is 8.83 Å². The first-order chi connectivity index (χ1) is 11.8. The number of furan rings is 1. The van der Waals surface area contributed by atoms with E-state index < -0.39 is 0 Å². The molecule has 1 aromatic carbocycles. The molecule has 24 heavy (non-hydrogen) atoms. The summed E-state index contributed by atoms with van der Waals surface area (Å²) in [6.45, 7) is 0. The van der Waals surface area contributed by atoms with Crippen LogP contribution in [0.3, 0.4) is 0 Å². The Kier molecular flexibility index (Phi) is 4.01. The summed E-state index contributed by atoms with van der Waals surface area (Å²) < 4.78 is 11.6. The molecular formula is C15H10N4O3S2. The quantitative estimate of drug-likeness (QED) is 0.544. The Morgan fingerprint density at radius 2 is 2.12 bits per heavy atom. The number of nitrogens with one attached hydrogen (secondary N) is 1. The number of fused-ring (bicyclic) bond motifs is 1. The van der Waals surface area contributed by atoms with Crippen LogP contribution in [-0.4, -0.2) is 26.8 Å². The molecule has 0 saturated heterocycles. The van der Waals surface area contributed by atoms with Gasteiger partial charge in [0.2, 0.25) is 5.91 Å². The molecule has 0 bridgehead atoms. The average molecular weight is 358 g/mol. The highest BCUT2D eigenvalue weighted by atomic mass is 32.2. The number of para-hydroxylation sites is 1. The third kappa shape index (κ3) is 3.17. The van der Waals surface area contributed by atoms with E-state index in [2.05, 4.69) is 20.5 Å². The largest absolute Gasteiger partial charge is 0.459 e. The number of carbonyl (C=O) groups excluding carboxylic acids is 1. The molecule has 0 spiro atoms. The van der Waals surface area contributed by atoms with Gasteiger partial charge in [0.1, 0.15) is 0 Å². The molecule has 1 amide bonds. The average Bonchev–Trinajstić information content (AvgIpc) is 3.31. The molecule has 7 nitrogen and oxygen atoms in total. The van der Waals surface area contributed by atoms with Gasteiger partial charge in [-0.05, 0) is 24.3 Å². The Morgan fingerprint density at radius 1 is 1.21 bits per heavy atom. The van der Waals surface area contributed by atoms with Gasteiger partial charge in [-0.1, -0.05) is 35.2 Å². The van der Waals surface area contributed by atoms with Crippen molar-refractivity contribution in [3.8, 4) is 11.7 Å². The second-order valence-electron chi connectivity index (χ2n) is 4.67. The van der Waals surface area contributed by atoms with Crippen LogP contribution in [0.1, 0.15) is 0 Å². The maximum Gasteiger partial charge on any atom is 0.284 e. The van der Waals surface area contributed by atoms with Crippen LogP contribution < -0.4 is 5.32 Å². The molecule has 4 rings (SSSR count). The number of aromatic nitrogens is 3. The lowest BCUT2D eigenvalue weighted by Gasteiger charge is -1.98. The molecule has 0 atom stereocenters. The van der Waals surface area contributed by atoms with Crippen LogP contribution in [-0.2, 0) is 4.79 Å². The van der Waals surface area contributed by atoms with Crippen molar-refractivity contribution in [2.75, 3.05) is 11.1 Å². The third-order valence-electron chi connectivity index (χ3n) is 3.01. The fourth-order valence-electron chi connectivity index (χ4n) is 1.98. The highest BCUT2D eigenvalue weighted by Crippen LogP contribution is 2.26. The number of amides is 1. The summed E-state index contributed by atoms with van der Waals surface area (Å²) in [6.07, 6.45) is 1.53. The van der Waals surface area contributed by atoms with Crippen LogP contribution in [0.2, 0.25) is 0 Å². The number of anilines is 1. The Hall–Kier alpha value is -2.65. The number of hydrogen-bond donors (Lipinski definition) is 1. The molecule has 3 aromatic heterocycles. The zero-order valence-corrected chi connectivity index (χ0v) is 13.8. The van der Waals surface area contributed by atoms with Crippen molar-refractivity contribution < 1.29 is 13.6 Å². The number of thioether (sulfide) groups is 1. The fraction of sp³-hybridized carbons (Fsp3) is 0.0667. The molecule has 0 aliphatic rings. The van der Waals surface area contributed by atoms with Gasteiger partial charge in [0.25, 0.3) is 11.1 Å². The van der Waals surface area contributed by atoms with Gasteiger partial charge in [-0.2, -0.15) is 0 Å².